The molecule has 1 saturated carbocycles. The van der Waals surface area contributed by atoms with E-state index in [0.29, 0.717) is 32.5 Å². The highest BCUT2D eigenvalue weighted by Crippen LogP contribution is 2.29. The van der Waals surface area contributed by atoms with Gasteiger partial charge in [0.15, 0.2) is 5.96 Å². The number of benzene rings is 1. The third-order valence-electron chi connectivity index (χ3n) is 6.79. The molecule has 1 aliphatic carbocycles. The van der Waals surface area contributed by atoms with Crippen molar-refractivity contribution in [3.8, 4) is 0 Å². The summed E-state index contributed by atoms with van der Waals surface area (Å²) in [7, 11) is -4.19. The third-order valence-corrected chi connectivity index (χ3v) is 8.27. The van der Waals surface area contributed by atoms with Crippen LogP contribution in [0.5, 0.6) is 0 Å². The van der Waals surface area contributed by atoms with Gasteiger partial charge in [-0.3, -0.25) is 19.8 Å². The normalized spacial score (nSPS) is 18.7. The molecule has 12 nitrogen and oxygen atoms in total. The van der Waals surface area contributed by atoms with Crippen LogP contribution < -0.4 is 15.8 Å². The van der Waals surface area contributed by atoms with E-state index in [1.165, 1.54) is 12.1 Å². The zero-order chi connectivity index (χ0) is 29.0. The van der Waals surface area contributed by atoms with Gasteiger partial charge in [-0.1, -0.05) is 32.9 Å². The zero-order valence-corrected chi connectivity index (χ0v) is 23.8. The second kappa shape index (κ2) is 12.3. The Bertz CT molecular complexity index is 1180. The lowest BCUT2D eigenvalue weighted by molar-refractivity contribution is -0.200. The monoisotopic (exact) mass is 564 g/mol. The van der Waals surface area contributed by atoms with Crippen molar-refractivity contribution in [1.29, 1.82) is 5.41 Å². The van der Waals surface area contributed by atoms with Gasteiger partial charge in [-0.2, -0.15) is 9.79 Å². The van der Waals surface area contributed by atoms with Gasteiger partial charge < -0.3 is 20.8 Å². The first-order valence-corrected chi connectivity index (χ1v) is 14.7. The maximum absolute atomic E-state index is 13.4. The predicted octanol–water partition coefficient (Wildman–Crippen LogP) is 1.21. The zero-order valence-electron chi connectivity index (χ0n) is 23.0. The molecule has 1 aliphatic heterocycles. The van der Waals surface area contributed by atoms with Crippen LogP contribution >= 0.6 is 0 Å². The molecular formula is C26H40N6O6S. The summed E-state index contributed by atoms with van der Waals surface area (Å²) in [6.45, 7) is 8.68. The average molecular weight is 565 g/mol. The molecule has 0 bridgehead atoms. The van der Waals surface area contributed by atoms with Gasteiger partial charge >= 0.3 is 5.97 Å². The van der Waals surface area contributed by atoms with Crippen LogP contribution in [0, 0.1) is 11.3 Å². The number of nitrogens with one attached hydrogen (secondary N) is 3. The Hall–Kier alpha value is -3.19. The smallest absolute Gasteiger partial charge is 0.329 e. The SMILES string of the molecule is CC(=O)ON(C(=O)[C@H](CC(=O)NCC1CCCN(C(=N)N)C1)NS(=O)(=O)c1ccc(C(C)(C)C)cc1)C1CC1. The number of hydrogen-bond donors (Lipinski definition) is 4. The van der Waals surface area contributed by atoms with Gasteiger partial charge in [-0.15, -0.1) is 0 Å². The lowest BCUT2D eigenvalue weighted by atomic mass is 9.87. The summed E-state index contributed by atoms with van der Waals surface area (Å²) in [6.07, 6.45) is 2.39. The van der Waals surface area contributed by atoms with Crippen LogP contribution in [0.4, 0.5) is 0 Å². The molecule has 1 aromatic carbocycles. The molecule has 1 heterocycles. The Morgan fingerprint density at radius 1 is 1.18 bits per heavy atom. The fraction of sp³-hybridized carbons (Fsp3) is 0.615. The van der Waals surface area contributed by atoms with Crippen LogP contribution in [0.2, 0.25) is 0 Å². The minimum atomic E-state index is -4.19. The Morgan fingerprint density at radius 3 is 2.36 bits per heavy atom. The second-order valence-corrected chi connectivity index (χ2v) is 13.0. The van der Waals surface area contributed by atoms with Crippen molar-refractivity contribution < 1.29 is 27.6 Å². The standard InChI is InChI=1S/C26H40N6O6S/c1-17(33)38-32(20-9-10-20)24(35)22(14-23(34)29-15-18-6-5-13-31(16-18)25(27)28)30-39(36,37)21-11-7-19(8-12-21)26(2,3)4/h7-8,11-12,18,20,22,30H,5-6,9-10,13-16H2,1-4H3,(H3,27,28)(H,29,34)/t18?,22-/m0/s1. The highest BCUT2D eigenvalue weighted by Gasteiger charge is 2.41. The Morgan fingerprint density at radius 2 is 1.82 bits per heavy atom. The number of hydroxylamine groups is 2. The first-order valence-electron chi connectivity index (χ1n) is 13.2. The fourth-order valence-corrected chi connectivity index (χ4v) is 5.62. The Labute approximate surface area is 230 Å². The number of rotatable bonds is 9. The Kier molecular flexibility index (Phi) is 9.60. The van der Waals surface area contributed by atoms with Crippen LogP contribution in [-0.4, -0.2) is 73.8 Å². The van der Waals surface area contributed by atoms with E-state index in [1.807, 2.05) is 20.8 Å². The minimum absolute atomic E-state index is 0.0211. The molecule has 1 unspecified atom stereocenters. The van der Waals surface area contributed by atoms with Gasteiger partial charge in [0.1, 0.15) is 6.04 Å². The number of hydrogen-bond acceptors (Lipinski definition) is 7. The summed E-state index contributed by atoms with van der Waals surface area (Å²) in [5.41, 5.74) is 6.35. The van der Waals surface area contributed by atoms with Gasteiger partial charge in [0.2, 0.25) is 15.9 Å². The molecule has 13 heteroatoms. The molecule has 2 amide bonds. The van der Waals surface area contributed by atoms with Crippen molar-refractivity contribution in [2.24, 2.45) is 11.7 Å². The predicted molar refractivity (Wildman–Crippen MR) is 145 cm³/mol. The summed E-state index contributed by atoms with van der Waals surface area (Å²) in [6, 6.07) is 4.49. The van der Waals surface area contributed by atoms with Crippen LogP contribution in [-0.2, 0) is 34.7 Å². The van der Waals surface area contributed by atoms with Crippen LogP contribution in [0.3, 0.4) is 0 Å². The number of amides is 2. The summed E-state index contributed by atoms with van der Waals surface area (Å²) in [4.78, 5) is 44.8. The van der Waals surface area contributed by atoms with Crippen molar-refractivity contribution >= 4 is 33.8 Å². The van der Waals surface area contributed by atoms with E-state index in [4.69, 9.17) is 16.0 Å². The summed E-state index contributed by atoms with van der Waals surface area (Å²) in [5, 5.41) is 11.3. The van der Waals surface area contributed by atoms with Crippen molar-refractivity contribution in [1.82, 2.24) is 20.0 Å². The number of carbonyl (C=O) groups is 3. The molecule has 2 atom stereocenters. The third kappa shape index (κ3) is 8.65. The minimum Gasteiger partial charge on any atom is -0.370 e. The van der Waals surface area contributed by atoms with Gasteiger partial charge in [0, 0.05) is 26.6 Å². The molecule has 39 heavy (non-hydrogen) atoms. The molecule has 1 aromatic rings. The number of carbonyl (C=O) groups excluding carboxylic acids is 3. The maximum Gasteiger partial charge on any atom is 0.329 e. The highest BCUT2D eigenvalue weighted by atomic mass is 32.2. The second-order valence-electron chi connectivity index (χ2n) is 11.3. The summed E-state index contributed by atoms with van der Waals surface area (Å²) >= 11 is 0. The average Bonchev–Trinajstić information content (AvgIpc) is 3.70. The van der Waals surface area contributed by atoms with E-state index in [9.17, 15) is 22.8 Å². The molecule has 0 spiro atoms. The topological polar surface area (TPSA) is 175 Å². The van der Waals surface area contributed by atoms with E-state index in [2.05, 4.69) is 10.0 Å². The molecule has 3 rings (SSSR count). The van der Waals surface area contributed by atoms with E-state index in [0.717, 1.165) is 30.4 Å². The quantitative estimate of drug-likeness (QED) is 0.197. The van der Waals surface area contributed by atoms with Crippen molar-refractivity contribution in [2.75, 3.05) is 19.6 Å². The summed E-state index contributed by atoms with van der Waals surface area (Å²) in [5.74, 6) is -2.02. The molecular weight excluding hydrogens is 524 g/mol. The molecule has 2 aliphatic rings. The van der Waals surface area contributed by atoms with Crippen LogP contribution in [0.15, 0.2) is 29.2 Å². The van der Waals surface area contributed by atoms with Gasteiger partial charge in [0.05, 0.1) is 17.4 Å². The lowest BCUT2D eigenvalue weighted by Gasteiger charge is -2.33. The van der Waals surface area contributed by atoms with Crippen molar-refractivity contribution in [3.05, 3.63) is 29.8 Å². The molecule has 1 saturated heterocycles. The number of sulfonamides is 1. The van der Waals surface area contributed by atoms with Gasteiger partial charge in [-0.25, -0.2) is 8.42 Å². The number of guanidine groups is 1. The molecule has 0 aromatic heterocycles. The van der Waals surface area contributed by atoms with E-state index >= 15 is 0 Å². The number of nitrogens with two attached hydrogens (primary N) is 1. The van der Waals surface area contributed by atoms with Crippen molar-refractivity contribution in [2.45, 2.75) is 82.2 Å². The fourth-order valence-electron chi connectivity index (χ4n) is 4.44. The maximum atomic E-state index is 13.4. The number of piperidine rings is 1. The molecule has 216 valence electrons. The first-order chi connectivity index (χ1) is 18.2. The lowest BCUT2D eigenvalue weighted by Crippen LogP contribution is -2.52. The first kappa shape index (κ1) is 30.4. The summed E-state index contributed by atoms with van der Waals surface area (Å²) < 4.78 is 28.9. The molecule has 0 radical (unpaired) electrons. The van der Waals surface area contributed by atoms with E-state index < -0.39 is 40.3 Å². The number of likely N-dealkylation sites (tertiary alicyclic amines) is 1. The van der Waals surface area contributed by atoms with Gasteiger partial charge in [0.25, 0.3) is 5.91 Å². The van der Waals surface area contributed by atoms with Crippen LogP contribution in [0.25, 0.3) is 0 Å². The highest BCUT2D eigenvalue weighted by molar-refractivity contribution is 7.89. The van der Waals surface area contributed by atoms with Crippen molar-refractivity contribution in [3.63, 3.8) is 0 Å². The van der Waals surface area contributed by atoms with E-state index in [1.54, 1.807) is 17.0 Å². The molecule has 2 fully saturated rings. The van der Waals surface area contributed by atoms with Crippen LogP contribution in [0.1, 0.15) is 65.4 Å². The van der Waals surface area contributed by atoms with Gasteiger partial charge in [-0.05, 0) is 54.7 Å². The number of nitrogens with zero attached hydrogens (tertiary/aromatic N) is 2. The molecule has 5 N–H and O–H groups in total. The Balaban J connectivity index is 1.75. The van der Waals surface area contributed by atoms with E-state index in [-0.39, 0.29) is 28.2 Å². The largest absolute Gasteiger partial charge is 0.370 e.